The third kappa shape index (κ3) is 4.50. The number of para-hydroxylation sites is 1. The highest BCUT2D eigenvalue weighted by atomic mass is 16.2. The zero-order chi connectivity index (χ0) is 20.1. The maximum Gasteiger partial charge on any atom is 0.226 e. The fourth-order valence-electron chi connectivity index (χ4n) is 3.25. The van der Waals surface area contributed by atoms with Gasteiger partial charge in [0.05, 0.1) is 23.5 Å². The molecule has 3 rings (SSSR count). The number of hydrogen-bond acceptors (Lipinski definition) is 6. The highest BCUT2D eigenvalue weighted by Gasteiger charge is 2.18. The summed E-state index contributed by atoms with van der Waals surface area (Å²) in [5.41, 5.74) is 14.9. The minimum Gasteiger partial charge on any atom is -0.398 e. The molecule has 28 heavy (non-hydrogen) atoms. The lowest BCUT2D eigenvalue weighted by Gasteiger charge is -2.18. The van der Waals surface area contributed by atoms with E-state index in [0.29, 0.717) is 23.4 Å². The normalized spacial score (nSPS) is 14.2. The Balaban J connectivity index is 1.72. The molecular formula is C21H26N6O. The zero-order valence-corrected chi connectivity index (χ0v) is 15.8. The smallest absolute Gasteiger partial charge is 0.226 e. The number of benzene rings is 2. The average Bonchev–Trinajstić information content (AvgIpc) is 3.23. The number of allylic oxidation sites excluding steroid dienone is 1. The Hall–Kier alpha value is -3.32. The van der Waals surface area contributed by atoms with Gasteiger partial charge in [0.25, 0.3) is 0 Å². The van der Waals surface area contributed by atoms with Crippen LogP contribution in [0.5, 0.6) is 0 Å². The van der Waals surface area contributed by atoms with Gasteiger partial charge in [0.1, 0.15) is 0 Å². The number of hydrogen-bond donors (Lipinski definition) is 4. The van der Waals surface area contributed by atoms with Gasteiger partial charge >= 0.3 is 0 Å². The van der Waals surface area contributed by atoms with Crippen molar-refractivity contribution in [3.63, 3.8) is 0 Å². The zero-order valence-electron chi connectivity index (χ0n) is 15.8. The Morgan fingerprint density at radius 3 is 2.57 bits per heavy atom. The molecule has 2 aromatic rings. The van der Waals surface area contributed by atoms with Gasteiger partial charge in [-0.05, 0) is 36.6 Å². The minimum absolute atomic E-state index is 0.105. The second-order valence-corrected chi connectivity index (χ2v) is 6.89. The molecule has 0 saturated carbocycles. The van der Waals surface area contributed by atoms with E-state index in [9.17, 15) is 4.79 Å². The predicted molar refractivity (Wildman–Crippen MR) is 113 cm³/mol. The van der Waals surface area contributed by atoms with Crippen LogP contribution in [0, 0.1) is 5.41 Å². The van der Waals surface area contributed by atoms with E-state index >= 15 is 0 Å². The Kier molecular flexibility index (Phi) is 5.96. The largest absolute Gasteiger partial charge is 0.398 e. The summed E-state index contributed by atoms with van der Waals surface area (Å²) in [4.78, 5) is 14.3. The Labute approximate surface area is 164 Å². The third-order valence-corrected chi connectivity index (χ3v) is 4.82. The van der Waals surface area contributed by atoms with Gasteiger partial charge in [0.15, 0.2) is 0 Å². The summed E-state index contributed by atoms with van der Waals surface area (Å²) in [7, 11) is 0. The first kappa shape index (κ1) is 19.4. The summed E-state index contributed by atoms with van der Waals surface area (Å²) in [5, 5.41) is 9.61. The standard InChI is InChI=1S/C21H26N6O/c22-18-9-2-1-8-17(18)21(24)19(23)14-27(25)16-7-5-6-15(12-16)13-20(28)26-10-3-4-11-26/h1-2,5-9,12,14,24H,3-4,10-11,13,22-23,25H2/b19-14-,24-21?. The molecule has 0 spiro atoms. The molecule has 146 valence electrons. The maximum atomic E-state index is 12.4. The highest BCUT2D eigenvalue weighted by Crippen LogP contribution is 2.18. The van der Waals surface area contributed by atoms with Crippen LogP contribution in [-0.4, -0.2) is 29.6 Å². The number of carbonyl (C=O) groups excluding carboxylic acids is 1. The number of anilines is 2. The van der Waals surface area contributed by atoms with E-state index in [1.165, 1.54) is 11.2 Å². The van der Waals surface area contributed by atoms with Crippen molar-refractivity contribution in [2.45, 2.75) is 19.3 Å². The quantitative estimate of drug-likeness (QED) is 0.265. The second kappa shape index (κ2) is 8.58. The number of nitrogens with two attached hydrogens (primary N) is 3. The topological polar surface area (TPSA) is 125 Å². The average molecular weight is 378 g/mol. The van der Waals surface area contributed by atoms with Crippen molar-refractivity contribution in [3.05, 3.63) is 71.6 Å². The fraction of sp³-hybridized carbons (Fsp3) is 0.238. The van der Waals surface area contributed by atoms with E-state index in [2.05, 4.69) is 0 Å². The molecule has 1 fully saturated rings. The van der Waals surface area contributed by atoms with E-state index in [4.69, 9.17) is 22.7 Å². The number of nitrogens with zero attached hydrogens (tertiary/aromatic N) is 2. The fourth-order valence-corrected chi connectivity index (χ4v) is 3.25. The van der Waals surface area contributed by atoms with Crippen molar-refractivity contribution in [3.8, 4) is 0 Å². The van der Waals surface area contributed by atoms with Gasteiger partial charge in [-0.3, -0.25) is 15.2 Å². The molecule has 7 nitrogen and oxygen atoms in total. The van der Waals surface area contributed by atoms with Crippen LogP contribution in [0.2, 0.25) is 0 Å². The lowest BCUT2D eigenvalue weighted by molar-refractivity contribution is -0.129. The first-order valence-electron chi connectivity index (χ1n) is 9.27. The molecule has 1 aliphatic rings. The lowest BCUT2D eigenvalue weighted by atomic mass is 10.1. The van der Waals surface area contributed by atoms with Crippen molar-refractivity contribution < 1.29 is 4.79 Å². The maximum absolute atomic E-state index is 12.4. The summed E-state index contributed by atoms with van der Waals surface area (Å²) in [6, 6.07) is 14.5. The van der Waals surface area contributed by atoms with Crippen LogP contribution in [0.25, 0.3) is 0 Å². The van der Waals surface area contributed by atoms with Crippen LogP contribution in [0.3, 0.4) is 0 Å². The number of hydrazine groups is 1. The highest BCUT2D eigenvalue weighted by molar-refractivity contribution is 6.13. The summed E-state index contributed by atoms with van der Waals surface area (Å²) in [5.74, 6) is 6.26. The molecule has 0 radical (unpaired) electrons. The van der Waals surface area contributed by atoms with Gasteiger partial charge in [-0.15, -0.1) is 0 Å². The SMILES string of the molecule is N=C(/C(N)=C/N(N)c1cccc(CC(=O)N2CCCC2)c1)c1ccccc1N. The van der Waals surface area contributed by atoms with Crippen molar-refractivity contribution >= 4 is 23.0 Å². The Morgan fingerprint density at radius 2 is 1.86 bits per heavy atom. The Morgan fingerprint density at radius 1 is 1.14 bits per heavy atom. The molecule has 1 heterocycles. The first-order valence-corrected chi connectivity index (χ1v) is 9.27. The number of likely N-dealkylation sites (tertiary alicyclic amines) is 1. The number of carbonyl (C=O) groups is 1. The van der Waals surface area contributed by atoms with Crippen LogP contribution < -0.4 is 22.3 Å². The molecular weight excluding hydrogens is 352 g/mol. The molecule has 7 heteroatoms. The van der Waals surface area contributed by atoms with E-state index < -0.39 is 0 Å². The van der Waals surface area contributed by atoms with Crippen molar-refractivity contribution in [1.82, 2.24) is 4.90 Å². The molecule has 0 unspecified atom stereocenters. The van der Waals surface area contributed by atoms with Crippen molar-refractivity contribution in [2.24, 2.45) is 11.6 Å². The molecule has 2 aromatic carbocycles. The molecule has 1 saturated heterocycles. The van der Waals surface area contributed by atoms with Crippen LogP contribution in [-0.2, 0) is 11.2 Å². The van der Waals surface area contributed by atoms with Gasteiger partial charge in [0, 0.05) is 30.5 Å². The molecule has 1 aliphatic heterocycles. The number of nitrogens with one attached hydrogen (secondary N) is 1. The minimum atomic E-state index is 0.105. The van der Waals surface area contributed by atoms with Gasteiger partial charge < -0.3 is 16.4 Å². The summed E-state index contributed by atoms with van der Waals surface area (Å²) < 4.78 is 0. The number of nitrogen functional groups attached to an aromatic ring is 1. The van der Waals surface area contributed by atoms with E-state index in [-0.39, 0.29) is 17.3 Å². The number of rotatable bonds is 6. The van der Waals surface area contributed by atoms with E-state index in [1.54, 1.807) is 24.3 Å². The molecule has 0 aliphatic carbocycles. The van der Waals surface area contributed by atoms with Crippen LogP contribution in [0.15, 0.2) is 60.4 Å². The van der Waals surface area contributed by atoms with Gasteiger partial charge in [0.2, 0.25) is 5.91 Å². The van der Waals surface area contributed by atoms with Crippen molar-refractivity contribution in [2.75, 3.05) is 23.8 Å². The monoisotopic (exact) mass is 378 g/mol. The first-order chi connectivity index (χ1) is 13.5. The lowest BCUT2D eigenvalue weighted by Crippen LogP contribution is -2.29. The third-order valence-electron chi connectivity index (χ3n) is 4.82. The predicted octanol–water partition coefficient (Wildman–Crippen LogP) is 1.98. The molecule has 0 atom stereocenters. The molecule has 7 N–H and O–H groups in total. The number of amides is 1. The van der Waals surface area contributed by atoms with Crippen molar-refractivity contribution in [1.29, 1.82) is 5.41 Å². The van der Waals surface area contributed by atoms with Crippen LogP contribution in [0.1, 0.15) is 24.0 Å². The molecule has 1 amide bonds. The Bertz CT molecular complexity index is 901. The molecule has 0 bridgehead atoms. The second-order valence-electron chi connectivity index (χ2n) is 6.89. The molecule has 0 aromatic heterocycles. The summed E-state index contributed by atoms with van der Waals surface area (Å²) in [6.45, 7) is 1.68. The van der Waals surface area contributed by atoms with E-state index in [1.807, 2.05) is 29.2 Å². The summed E-state index contributed by atoms with van der Waals surface area (Å²) in [6.07, 6.45) is 3.97. The van der Waals surface area contributed by atoms with Crippen LogP contribution >= 0.6 is 0 Å². The van der Waals surface area contributed by atoms with Crippen LogP contribution in [0.4, 0.5) is 11.4 Å². The van der Waals surface area contributed by atoms with Gasteiger partial charge in [-0.25, -0.2) is 5.84 Å². The van der Waals surface area contributed by atoms with Gasteiger partial charge in [-0.2, -0.15) is 0 Å². The summed E-state index contributed by atoms with van der Waals surface area (Å²) >= 11 is 0. The van der Waals surface area contributed by atoms with Gasteiger partial charge in [-0.1, -0.05) is 30.3 Å². The van der Waals surface area contributed by atoms with E-state index in [0.717, 1.165) is 31.5 Å².